The molecule has 1 aliphatic rings. The molecule has 38 heavy (non-hydrogen) atoms. The summed E-state index contributed by atoms with van der Waals surface area (Å²) in [5, 5.41) is 3.44. The van der Waals surface area contributed by atoms with Gasteiger partial charge >= 0.3 is 6.18 Å². The molecule has 1 aliphatic heterocycles. The number of nitrogens with one attached hydrogen (secondary N) is 2. The van der Waals surface area contributed by atoms with Gasteiger partial charge in [-0.2, -0.15) is 13.2 Å². The first-order valence-corrected chi connectivity index (χ1v) is 13.7. The predicted molar refractivity (Wildman–Crippen MR) is 144 cm³/mol. The van der Waals surface area contributed by atoms with Gasteiger partial charge in [-0.1, -0.05) is 17.7 Å². The zero-order valence-electron chi connectivity index (χ0n) is 20.7. The molecule has 1 aromatic heterocycles. The molecule has 3 atom stereocenters. The minimum Gasteiger partial charge on any atom is -0.379 e. The number of hydrogen-bond acceptors (Lipinski definition) is 6. The Bertz CT molecular complexity index is 1390. The van der Waals surface area contributed by atoms with E-state index >= 15 is 4.39 Å². The minimum absolute atomic E-state index is 0.131. The highest BCUT2D eigenvalue weighted by molar-refractivity contribution is 8.01. The van der Waals surface area contributed by atoms with Crippen molar-refractivity contribution in [2.45, 2.75) is 29.6 Å². The van der Waals surface area contributed by atoms with Crippen LogP contribution in [0.15, 0.2) is 59.9 Å². The van der Waals surface area contributed by atoms with E-state index in [-0.39, 0.29) is 27.8 Å². The van der Waals surface area contributed by atoms with E-state index in [2.05, 4.69) is 25.9 Å². The van der Waals surface area contributed by atoms with Gasteiger partial charge in [0.2, 0.25) is 0 Å². The van der Waals surface area contributed by atoms with Gasteiger partial charge in [0.15, 0.2) is 0 Å². The lowest BCUT2D eigenvalue weighted by Crippen LogP contribution is -2.56. The first-order chi connectivity index (χ1) is 17.8. The monoisotopic (exact) mass is 570 g/mol. The van der Waals surface area contributed by atoms with Crippen LogP contribution in [0.1, 0.15) is 12.0 Å². The molecule has 0 bridgehead atoms. The van der Waals surface area contributed by atoms with E-state index in [0.717, 1.165) is 12.1 Å². The summed E-state index contributed by atoms with van der Waals surface area (Å²) in [6.07, 6.45) is -1.17. The molecule has 2 N–H and O–H groups in total. The third-order valence-electron chi connectivity index (χ3n) is 6.35. The summed E-state index contributed by atoms with van der Waals surface area (Å²) in [5.74, 6) is 3.09. The van der Waals surface area contributed by atoms with Crippen molar-refractivity contribution in [2.24, 2.45) is 0 Å². The van der Waals surface area contributed by atoms with E-state index in [9.17, 15) is 17.4 Å². The van der Waals surface area contributed by atoms with Gasteiger partial charge in [0.05, 0.1) is 30.9 Å². The molecule has 2 aromatic carbocycles. The van der Waals surface area contributed by atoms with Gasteiger partial charge in [-0.05, 0) is 62.8 Å². The first-order valence-electron chi connectivity index (χ1n) is 11.6. The lowest BCUT2D eigenvalue weighted by molar-refractivity contribution is -0.137. The number of hydrogen-bond donors (Lipinski definition) is 2. The molecule has 3 aromatic rings. The molecule has 0 aliphatic carbocycles. The second-order valence-corrected chi connectivity index (χ2v) is 11.6. The van der Waals surface area contributed by atoms with Crippen molar-refractivity contribution >= 4 is 44.4 Å². The molecule has 2 heterocycles. The van der Waals surface area contributed by atoms with Crippen LogP contribution in [0.3, 0.4) is 0 Å². The van der Waals surface area contributed by atoms with E-state index in [0.29, 0.717) is 30.9 Å². The van der Waals surface area contributed by atoms with Crippen molar-refractivity contribution in [1.29, 1.82) is 0 Å². The summed E-state index contributed by atoms with van der Waals surface area (Å²) >= 11 is 6.48. The van der Waals surface area contributed by atoms with Gasteiger partial charge in [0.25, 0.3) is 0 Å². The van der Waals surface area contributed by atoms with Crippen molar-refractivity contribution in [1.82, 2.24) is 14.9 Å². The van der Waals surface area contributed by atoms with Crippen LogP contribution in [0.2, 0.25) is 5.02 Å². The fraction of sp³-hybridized carbons (Fsp3) is 0.320. The predicted octanol–water partition coefficient (Wildman–Crippen LogP) is 5.01. The molecule has 4 rings (SSSR count). The van der Waals surface area contributed by atoms with Crippen LogP contribution in [0.5, 0.6) is 0 Å². The number of halogens is 5. The van der Waals surface area contributed by atoms with Crippen LogP contribution in [-0.2, 0) is 15.9 Å². The Morgan fingerprint density at radius 1 is 1.21 bits per heavy atom. The molecule has 0 amide bonds. The third-order valence-corrected chi connectivity index (χ3v) is 8.23. The average molecular weight is 571 g/mol. The Morgan fingerprint density at radius 3 is 2.63 bits per heavy atom. The van der Waals surface area contributed by atoms with Gasteiger partial charge in [-0.3, -0.25) is 4.72 Å². The van der Waals surface area contributed by atoms with E-state index in [1.54, 1.807) is 6.07 Å². The lowest BCUT2D eigenvalue weighted by atomic mass is 9.97. The summed E-state index contributed by atoms with van der Waals surface area (Å²) in [4.78, 5) is 11.4. The van der Waals surface area contributed by atoms with Crippen molar-refractivity contribution in [3.8, 4) is 0 Å². The standard InChI is InChI=1S/C25H27ClF4N6OS/c1-35(2)22-14-36(17-6-4-5-16(11-17)25(28,29)30)10-8-20(22)33-21-13-19(27)23(12-18(21)26)38(3,37)34-24-7-9-31-15-32-24/h4-7,9,11-13,15,20,22,33H,3,8,10,14H2,1-2H3,(H,31,32,34,37)/t20?,22-,38?/m0/s1. The molecular weight excluding hydrogens is 544 g/mol. The summed E-state index contributed by atoms with van der Waals surface area (Å²) < 4.78 is 70.6. The minimum atomic E-state index is -4.43. The smallest absolute Gasteiger partial charge is 0.379 e. The molecule has 7 nitrogen and oxygen atoms in total. The molecule has 204 valence electrons. The fourth-order valence-electron chi connectivity index (χ4n) is 4.40. The number of anilines is 3. The first kappa shape index (κ1) is 27.9. The summed E-state index contributed by atoms with van der Waals surface area (Å²) in [6.45, 7) is 0.927. The topological polar surface area (TPSA) is 73.4 Å². The van der Waals surface area contributed by atoms with Crippen molar-refractivity contribution in [3.63, 3.8) is 0 Å². The highest BCUT2D eigenvalue weighted by atomic mass is 35.5. The molecule has 1 fully saturated rings. The van der Waals surface area contributed by atoms with E-state index in [1.807, 2.05) is 23.9 Å². The quantitative estimate of drug-likeness (QED) is 0.307. The van der Waals surface area contributed by atoms with Gasteiger partial charge in [-0.25, -0.2) is 18.6 Å². The largest absolute Gasteiger partial charge is 0.416 e. The molecule has 0 spiro atoms. The van der Waals surface area contributed by atoms with Gasteiger partial charge in [0.1, 0.15) is 18.0 Å². The van der Waals surface area contributed by atoms with Gasteiger partial charge in [-0.15, -0.1) is 0 Å². The van der Waals surface area contributed by atoms with Gasteiger partial charge in [0, 0.05) is 37.1 Å². The van der Waals surface area contributed by atoms with E-state index in [4.69, 9.17) is 11.6 Å². The van der Waals surface area contributed by atoms with Crippen molar-refractivity contribution in [2.75, 3.05) is 42.1 Å². The maximum atomic E-state index is 15.2. The highest BCUT2D eigenvalue weighted by Gasteiger charge is 2.34. The van der Waals surface area contributed by atoms with Crippen LogP contribution < -0.4 is 14.9 Å². The number of nitrogens with zero attached hydrogens (tertiary/aromatic N) is 4. The summed E-state index contributed by atoms with van der Waals surface area (Å²) in [7, 11) is 0.429. The molecule has 1 saturated heterocycles. The maximum absolute atomic E-state index is 15.2. The Balaban J connectivity index is 1.52. The van der Waals surface area contributed by atoms with E-state index < -0.39 is 27.3 Å². The Morgan fingerprint density at radius 2 is 1.97 bits per heavy atom. The van der Waals surface area contributed by atoms with Crippen LogP contribution in [0.25, 0.3) is 0 Å². The van der Waals surface area contributed by atoms with Crippen molar-refractivity contribution < 1.29 is 21.8 Å². The number of piperidine rings is 1. The van der Waals surface area contributed by atoms with Crippen molar-refractivity contribution in [3.05, 3.63) is 71.4 Å². The molecule has 13 heteroatoms. The third kappa shape index (κ3) is 6.30. The number of rotatable bonds is 7. The molecule has 2 unspecified atom stereocenters. The number of likely N-dealkylation sites (N-methyl/N-ethyl adjacent to an activating group) is 1. The van der Waals surface area contributed by atoms with Crippen LogP contribution in [0.4, 0.5) is 34.8 Å². The Hall–Kier alpha value is -3.09. The maximum Gasteiger partial charge on any atom is 0.416 e. The van der Waals surface area contributed by atoms with Crippen LogP contribution in [0, 0.1) is 5.82 Å². The van der Waals surface area contributed by atoms with Gasteiger partial charge < -0.3 is 15.1 Å². The van der Waals surface area contributed by atoms with E-state index in [1.165, 1.54) is 36.8 Å². The number of benzene rings is 2. The Kier molecular flexibility index (Phi) is 8.05. The lowest BCUT2D eigenvalue weighted by Gasteiger charge is -2.43. The SMILES string of the molecule is C=S(=O)(Nc1ccncn1)c1cc(Cl)c(NC2CCN(c3cccc(C(F)(F)F)c3)C[C@@H]2N(C)C)cc1F. The number of alkyl halides is 3. The zero-order valence-corrected chi connectivity index (χ0v) is 22.2. The second-order valence-electron chi connectivity index (χ2n) is 9.20. The summed E-state index contributed by atoms with van der Waals surface area (Å²) in [6, 6.07) is 8.87. The highest BCUT2D eigenvalue weighted by Crippen LogP contribution is 2.34. The fourth-order valence-corrected chi connectivity index (χ4v) is 5.94. The zero-order chi connectivity index (χ0) is 27.7. The normalized spacial score (nSPS) is 19.7. The number of aromatic nitrogens is 2. The van der Waals surface area contributed by atoms with Crippen LogP contribution in [-0.4, -0.2) is 64.2 Å². The average Bonchev–Trinajstić information content (AvgIpc) is 2.86. The molecule has 0 radical (unpaired) electrons. The summed E-state index contributed by atoms with van der Waals surface area (Å²) in [5.41, 5.74) is 0.102. The molecular formula is C25H27ClF4N6OS. The Labute approximate surface area is 224 Å². The van der Waals surface area contributed by atoms with Crippen LogP contribution >= 0.6 is 11.6 Å². The molecule has 0 saturated carbocycles. The second kappa shape index (κ2) is 11.0.